The van der Waals surface area contributed by atoms with Crippen molar-refractivity contribution in [3.05, 3.63) is 118 Å². The van der Waals surface area contributed by atoms with E-state index in [1.165, 1.54) is 24.0 Å². The maximum atomic E-state index is 5.05. The summed E-state index contributed by atoms with van der Waals surface area (Å²) in [7, 11) is 0. The van der Waals surface area contributed by atoms with Gasteiger partial charge in [-0.15, -0.1) is 0 Å². The van der Waals surface area contributed by atoms with Gasteiger partial charge in [-0.05, 0) is 101 Å². The molecule has 6 rings (SSSR count). The van der Waals surface area contributed by atoms with Crippen LogP contribution in [0.5, 0.6) is 0 Å². The fourth-order valence-electron chi connectivity index (χ4n) is 9.33. The molecular formula is C42H53N. The third-order valence-corrected chi connectivity index (χ3v) is 12.4. The number of fused-ring (bicyclic) bond motifs is 4. The first kappa shape index (κ1) is 30.1. The standard InChI is InChI=1S/C42H53N/c1-9-11-23-41(8,29(3)10-2)35-28-36-37(27-30(35)38-22-16-17-26-43-38)42(25-24-39(36,4)5)33-20-14-12-18-31(33)40(6,7)32-19-13-15-21-34(32)42/h11-12,14-18,20-23,26-27,29,35H,9-10,13,19,24-25,28H2,1-8H3. The summed E-state index contributed by atoms with van der Waals surface area (Å²) in [4.78, 5) is 5.05. The Morgan fingerprint density at radius 2 is 1.70 bits per heavy atom. The molecule has 1 spiro atoms. The van der Waals surface area contributed by atoms with Crippen LogP contribution >= 0.6 is 0 Å². The van der Waals surface area contributed by atoms with Crippen molar-refractivity contribution in [2.45, 2.75) is 111 Å². The fraction of sp³-hybridized carbons (Fsp3) is 0.500. The zero-order valence-electron chi connectivity index (χ0n) is 28.1. The smallest absolute Gasteiger partial charge is 0.0664 e. The second kappa shape index (κ2) is 10.9. The summed E-state index contributed by atoms with van der Waals surface area (Å²) in [5, 5.41) is 0. The first-order valence-corrected chi connectivity index (χ1v) is 17.1. The van der Waals surface area contributed by atoms with Gasteiger partial charge in [0.2, 0.25) is 0 Å². The highest BCUT2D eigenvalue weighted by molar-refractivity contribution is 5.77. The van der Waals surface area contributed by atoms with E-state index < -0.39 is 0 Å². The van der Waals surface area contributed by atoms with Crippen molar-refractivity contribution in [3.8, 4) is 0 Å². The molecule has 0 saturated carbocycles. The minimum atomic E-state index is -0.111. The first-order valence-electron chi connectivity index (χ1n) is 17.1. The number of allylic oxidation sites excluding steroid dienone is 10. The zero-order valence-corrected chi connectivity index (χ0v) is 28.1. The van der Waals surface area contributed by atoms with Crippen LogP contribution in [0, 0.1) is 22.7 Å². The summed E-state index contributed by atoms with van der Waals surface area (Å²) in [6, 6.07) is 16.0. The van der Waals surface area contributed by atoms with Gasteiger partial charge in [0, 0.05) is 17.0 Å². The van der Waals surface area contributed by atoms with E-state index in [1.54, 1.807) is 27.9 Å². The zero-order chi connectivity index (χ0) is 30.6. The molecule has 43 heavy (non-hydrogen) atoms. The maximum Gasteiger partial charge on any atom is 0.0664 e. The summed E-state index contributed by atoms with van der Waals surface area (Å²) in [5.74, 6) is 0.931. The topological polar surface area (TPSA) is 12.9 Å². The molecule has 226 valence electrons. The molecule has 0 radical (unpaired) electrons. The molecule has 0 saturated heterocycles. The highest BCUT2D eigenvalue weighted by atomic mass is 14.7. The van der Waals surface area contributed by atoms with Gasteiger partial charge in [0.25, 0.3) is 0 Å². The van der Waals surface area contributed by atoms with E-state index in [1.807, 2.05) is 6.20 Å². The number of hydrogen-bond donors (Lipinski definition) is 0. The van der Waals surface area contributed by atoms with Gasteiger partial charge in [-0.2, -0.15) is 0 Å². The summed E-state index contributed by atoms with van der Waals surface area (Å²) in [6.07, 6.45) is 22.6. The first-order chi connectivity index (χ1) is 20.5. The number of pyridine rings is 1. The number of aromatic nitrogens is 1. The lowest BCUT2D eigenvalue weighted by molar-refractivity contribution is 0.183. The van der Waals surface area contributed by atoms with Crippen LogP contribution in [0.25, 0.3) is 5.57 Å². The minimum Gasteiger partial charge on any atom is -0.257 e. The normalized spacial score (nSPS) is 27.8. The molecule has 0 N–H and O–H groups in total. The van der Waals surface area contributed by atoms with Crippen LogP contribution in [0.1, 0.15) is 117 Å². The van der Waals surface area contributed by atoms with Crippen molar-refractivity contribution in [2.75, 3.05) is 0 Å². The lowest BCUT2D eigenvalue weighted by Gasteiger charge is -2.56. The van der Waals surface area contributed by atoms with Crippen molar-refractivity contribution in [1.29, 1.82) is 0 Å². The Morgan fingerprint density at radius 3 is 2.40 bits per heavy atom. The summed E-state index contributed by atoms with van der Waals surface area (Å²) >= 11 is 0. The van der Waals surface area contributed by atoms with E-state index in [-0.39, 0.29) is 21.7 Å². The van der Waals surface area contributed by atoms with E-state index in [0.717, 1.165) is 37.8 Å². The second-order valence-electron chi connectivity index (χ2n) is 15.2. The molecule has 1 nitrogen and oxygen atoms in total. The minimum absolute atomic E-state index is 0.0367. The molecule has 4 aliphatic rings. The molecule has 4 aliphatic carbocycles. The van der Waals surface area contributed by atoms with Crippen LogP contribution in [0.2, 0.25) is 0 Å². The van der Waals surface area contributed by atoms with Gasteiger partial charge < -0.3 is 0 Å². The van der Waals surface area contributed by atoms with Gasteiger partial charge in [-0.3, -0.25) is 4.98 Å². The molecule has 0 fully saturated rings. The monoisotopic (exact) mass is 571 g/mol. The number of nitrogens with zero attached hydrogens (tertiary/aromatic N) is 1. The quantitative estimate of drug-likeness (QED) is 0.314. The van der Waals surface area contributed by atoms with Crippen molar-refractivity contribution in [3.63, 3.8) is 0 Å². The van der Waals surface area contributed by atoms with Gasteiger partial charge in [0.1, 0.15) is 0 Å². The van der Waals surface area contributed by atoms with Crippen molar-refractivity contribution in [1.82, 2.24) is 4.98 Å². The Kier molecular flexibility index (Phi) is 7.63. The third-order valence-electron chi connectivity index (χ3n) is 12.4. The van der Waals surface area contributed by atoms with Gasteiger partial charge in [-0.1, -0.05) is 134 Å². The van der Waals surface area contributed by atoms with Crippen LogP contribution < -0.4 is 0 Å². The van der Waals surface area contributed by atoms with Crippen LogP contribution in [0.4, 0.5) is 0 Å². The predicted molar refractivity (Wildman–Crippen MR) is 184 cm³/mol. The van der Waals surface area contributed by atoms with Crippen LogP contribution in [-0.4, -0.2) is 4.98 Å². The van der Waals surface area contributed by atoms with Gasteiger partial charge in [0.05, 0.1) is 5.69 Å². The lowest BCUT2D eigenvalue weighted by atomic mass is 9.47. The number of hydrogen-bond acceptors (Lipinski definition) is 1. The third kappa shape index (κ3) is 4.51. The Labute approximate surface area is 262 Å². The van der Waals surface area contributed by atoms with Crippen LogP contribution in [-0.2, 0) is 10.8 Å². The Balaban J connectivity index is 1.69. The van der Waals surface area contributed by atoms with Crippen molar-refractivity contribution >= 4 is 5.57 Å². The van der Waals surface area contributed by atoms with Gasteiger partial charge >= 0.3 is 0 Å². The molecule has 1 heteroatoms. The predicted octanol–water partition coefficient (Wildman–Crippen LogP) is 11.5. The van der Waals surface area contributed by atoms with E-state index in [0.29, 0.717) is 11.8 Å². The molecular weight excluding hydrogens is 518 g/mol. The van der Waals surface area contributed by atoms with Gasteiger partial charge in [0.15, 0.2) is 0 Å². The van der Waals surface area contributed by atoms with E-state index in [9.17, 15) is 0 Å². The molecule has 1 aromatic heterocycles. The molecule has 1 aromatic carbocycles. The fourth-order valence-corrected chi connectivity index (χ4v) is 9.33. The molecule has 1 heterocycles. The molecule has 0 bridgehead atoms. The average molecular weight is 572 g/mol. The maximum absolute atomic E-state index is 5.05. The Morgan fingerprint density at radius 1 is 0.953 bits per heavy atom. The van der Waals surface area contributed by atoms with Crippen LogP contribution in [0.15, 0.2) is 101 Å². The molecule has 2 aromatic rings. The number of rotatable bonds is 6. The van der Waals surface area contributed by atoms with Crippen molar-refractivity contribution < 1.29 is 0 Å². The van der Waals surface area contributed by atoms with Gasteiger partial charge in [-0.25, -0.2) is 0 Å². The Hall–Kier alpha value is -2.93. The van der Waals surface area contributed by atoms with Crippen molar-refractivity contribution in [2.24, 2.45) is 22.7 Å². The molecule has 0 amide bonds. The lowest BCUT2D eigenvalue weighted by Crippen LogP contribution is -2.47. The molecule has 4 atom stereocenters. The van der Waals surface area contributed by atoms with E-state index >= 15 is 0 Å². The highest BCUT2D eigenvalue weighted by Crippen LogP contribution is 2.65. The number of benzene rings is 1. The van der Waals surface area contributed by atoms with E-state index in [2.05, 4.69) is 128 Å². The highest BCUT2D eigenvalue weighted by Gasteiger charge is 2.55. The summed E-state index contributed by atoms with van der Waals surface area (Å²) in [5.41, 5.74) is 12.3. The van der Waals surface area contributed by atoms with E-state index in [4.69, 9.17) is 4.98 Å². The average Bonchev–Trinajstić information content (AvgIpc) is 3.03. The SMILES string of the molecule is CCC=CC(C)(C(C)CC)C1CC2=C(C=C1c1ccccn1)C1(CCC2(C)C)C2=C(CCC=C2)C(C)(C)c2ccccc21. The molecule has 4 unspecified atom stereocenters. The summed E-state index contributed by atoms with van der Waals surface area (Å²) < 4.78 is 0. The Bertz CT molecular complexity index is 1540. The largest absolute Gasteiger partial charge is 0.257 e. The van der Waals surface area contributed by atoms with Crippen LogP contribution in [0.3, 0.4) is 0 Å². The molecule has 0 aliphatic heterocycles. The second-order valence-corrected chi connectivity index (χ2v) is 15.2. The summed E-state index contributed by atoms with van der Waals surface area (Å²) in [6.45, 7) is 19.6.